The minimum absolute atomic E-state index is 0.00153. The molecule has 0 aliphatic heterocycles. The topological polar surface area (TPSA) is 106 Å². The molecule has 31 heavy (non-hydrogen) atoms. The molecule has 0 aliphatic rings. The number of anilines is 2. The van der Waals surface area contributed by atoms with Gasteiger partial charge in [-0.3, -0.25) is 9.20 Å². The SMILES string of the molecule is [2H]C([2H])([2H])c1nc(-c2ccc(NC(=O)C(O)c3cccc(C)c3)cc2F)c2c(N)ncc(C)n12. The molecule has 8 heteroatoms. The van der Waals surface area contributed by atoms with E-state index in [2.05, 4.69) is 15.3 Å². The van der Waals surface area contributed by atoms with Gasteiger partial charge in [0.1, 0.15) is 28.7 Å². The molecular weight excluding hydrogens is 397 g/mol. The summed E-state index contributed by atoms with van der Waals surface area (Å²) in [6, 6.07) is 10.7. The van der Waals surface area contributed by atoms with Gasteiger partial charge in [-0.2, -0.15) is 0 Å². The number of hydrogen-bond acceptors (Lipinski definition) is 5. The molecule has 4 rings (SSSR count). The number of benzene rings is 2. The number of nitrogen functional groups attached to an aromatic ring is 1. The van der Waals surface area contributed by atoms with Crippen LogP contribution in [0.5, 0.6) is 0 Å². The maximum absolute atomic E-state index is 15.2. The van der Waals surface area contributed by atoms with Crippen LogP contribution in [0.4, 0.5) is 15.9 Å². The summed E-state index contributed by atoms with van der Waals surface area (Å²) in [6.07, 6.45) is -0.0206. The highest BCUT2D eigenvalue weighted by atomic mass is 19.1. The minimum atomic E-state index is -2.57. The van der Waals surface area contributed by atoms with Crippen molar-refractivity contribution in [1.29, 1.82) is 0 Å². The molecule has 4 aromatic rings. The third kappa shape index (κ3) is 3.73. The Morgan fingerprint density at radius 3 is 2.81 bits per heavy atom. The fraction of sp³-hybridized carbons (Fsp3) is 0.174. The van der Waals surface area contributed by atoms with Crippen molar-refractivity contribution < 1.29 is 18.4 Å². The first-order chi connectivity index (χ1) is 16.0. The molecule has 0 saturated carbocycles. The van der Waals surface area contributed by atoms with E-state index < -0.39 is 24.7 Å². The van der Waals surface area contributed by atoms with Gasteiger partial charge in [0.25, 0.3) is 5.91 Å². The zero-order valence-electron chi connectivity index (χ0n) is 19.8. The van der Waals surface area contributed by atoms with E-state index in [1.807, 2.05) is 13.0 Å². The molecule has 0 spiro atoms. The number of nitrogens with zero attached hydrogens (tertiary/aromatic N) is 3. The molecule has 1 unspecified atom stereocenters. The normalized spacial score (nSPS) is 14.0. The second-order valence-electron chi connectivity index (χ2n) is 7.25. The average Bonchev–Trinajstić information content (AvgIpc) is 3.18. The molecule has 4 N–H and O–H groups in total. The van der Waals surface area contributed by atoms with Gasteiger partial charge in [0.15, 0.2) is 6.10 Å². The molecule has 0 radical (unpaired) electrons. The molecule has 0 saturated heterocycles. The number of imidazole rings is 1. The number of carbonyl (C=O) groups excluding carboxylic acids is 1. The van der Waals surface area contributed by atoms with Crippen molar-refractivity contribution in [3.63, 3.8) is 0 Å². The Balaban J connectivity index is 1.71. The van der Waals surface area contributed by atoms with Crippen LogP contribution in [0.2, 0.25) is 0 Å². The van der Waals surface area contributed by atoms with Crippen molar-refractivity contribution >= 4 is 22.9 Å². The summed E-state index contributed by atoms with van der Waals surface area (Å²) >= 11 is 0. The monoisotopic (exact) mass is 422 g/mol. The summed E-state index contributed by atoms with van der Waals surface area (Å²) in [7, 11) is 0. The Hall–Kier alpha value is -3.78. The third-order valence-electron chi connectivity index (χ3n) is 4.96. The van der Waals surface area contributed by atoms with Crippen molar-refractivity contribution in [2.75, 3.05) is 11.1 Å². The lowest BCUT2D eigenvalue weighted by molar-refractivity contribution is -0.124. The molecule has 1 amide bonds. The predicted molar refractivity (Wildman–Crippen MR) is 117 cm³/mol. The molecule has 7 nitrogen and oxygen atoms in total. The summed E-state index contributed by atoms with van der Waals surface area (Å²) in [6.45, 7) is 0.911. The number of amides is 1. The predicted octanol–water partition coefficient (Wildman–Crippen LogP) is 3.71. The molecule has 2 aromatic heterocycles. The van der Waals surface area contributed by atoms with Gasteiger partial charge in [0.2, 0.25) is 0 Å². The van der Waals surface area contributed by atoms with Gasteiger partial charge >= 0.3 is 0 Å². The fourth-order valence-corrected chi connectivity index (χ4v) is 3.46. The number of carbonyl (C=O) groups is 1. The van der Waals surface area contributed by atoms with Crippen molar-refractivity contribution in [1.82, 2.24) is 14.4 Å². The molecule has 0 aliphatic carbocycles. The van der Waals surface area contributed by atoms with E-state index in [-0.39, 0.29) is 34.1 Å². The standard InChI is InChI=1S/C23H22FN5O2/c1-12-5-4-6-15(9-12)21(30)23(31)28-16-7-8-17(18(24)10-16)19-20-22(25)26-11-13(2)29(20)14(3)27-19/h4-11,21,30H,1-3H3,(H2,25,26)(H,28,31)/i3D3. The van der Waals surface area contributed by atoms with Crippen LogP contribution in [0.25, 0.3) is 16.8 Å². The average molecular weight is 422 g/mol. The second-order valence-corrected chi connectivity index (χ2v) is 7.25. The maximum Gasteiger partial charge on any atom is 0.257 e. The Morgan fingerprint density at radius 2 is 2.10 bits per heavy atom. The van der Waals surface area contributed by atoms with Crippen LogP contribution >= 0.6 is 0 Å². The first kappa shape index (κ1) is 17.0. The molecule has 0 fully saturated rings. The number of nitrogens with one attached hydrogen (secondary N) is 1. The number of aromatic nitrogens is 3. The van der Waals surface area contributed by atoms with Crippen LogP contribution in [0.1, 0.15) is 32.9 Å². The molecule has 2 heterocycles. The van der Waals surface area contributed by atoms with Crippen LogP contribution in [-0.4, -0.2) is 25.4 Å². The summed E-state index contributed by atoms with van der Waals surface area (Å²) in [4.78, 5) is 20.7. The van der Waals surface area contributed by atoms with Gasteiger partial charge in [0.05, 0.1) is 0 Å². The Bertz CT molecular complexity index is 1420. The van der Waals surface area contributed by atoms with Crippen LogP contribution in [-0.2, 0) is 4.79 Å². The van der Waals surface area contributed by atoms with E-state index in [1.54, 1.807) is 25.1 Å². The fourth-order valence-electron chi connectivity index (χ4n) is 3.46. The number of aliphatic hydroxyl groups excluding tert-OH is 1. The van der Waals surface area contributed by atoms with E-state index >= 15 is 4.39 Å². The summed E-state index contributed by atoms with van der Waals surface area (Å²) in [5, 5.41) is 12.8. The summed E-state index contributed by atoms with van der Waals surface area (Å²) in [5.74, 6) is -1.75. The molecule has 1 atom stereocenters. The van der Waals surface area contributed by atoms with Crippen molar-refractivity contribution in [2.45, 2.75) is 26.8 Å². The molecule has 158 valence electrons. The quantitative estimate of drug-likeness (QED) is 0.465. The Labute approximate surface area is 182 Å². The second kappa shape index (κ2) is 7.81. The van der Waals surface area contributed by atoms with Gasteiger partial charge in [-0.1, -0.05) is 29.8 Å². The number of hydrogen-bond donors (Lipinski definition) is 3. The molecule has 0 bridgehead atoms. The maximum atomic E-state index is 15.2. The lowest BCUT2D eigenvalue weighted by Gasteiger charge is -2.13. The highest BCUT2D eigenvalue weighted by Crippen LogP contribution is 2.32. The number of nitrogens with two attached hydrogens (primary N) is 1. The zero-order chi connectivity index (χ0) is 24.8. The van der Waals surface area contributed by atoms with Gasteiger partial charge in [-0.25, -0.2) is 14.4 Å². The van der Waals surface area contributed by atoms with Crippen LogP contribution in [0.15, 0.2) is 48.7 Å². The number of rotatable bonds is 4. The van der Waals surface area contributed by atoms with Gasteiger partial charge in [0, 0.05) is 27.3 Å². The van der Waals surface area contributed by atoms with Crippen LogP contribution < -0.4 is 11.1 Å². The van der Waals surface area contributed by atoms with E-state index in [4.69, 9.17) is 9.85 Å². The lowest BCUT2D eigenvalue weighted by Crippen LogP contribution is -2.21. The zero-order valence-corrected chi connectivity index (χ0v) is 16.8. The largest absolute Gasteiger partial charge is 0.382 e. The Kier molecular flexibility index (Phi) is 4.27. The lowest BCUT2D eigenvalue weighted by atomic mass is 10.1. The highest BCUT2D eigenvalue weighted by molar-refractivity contribution is 5.95. The van der Waals surface area contributed by atoms with Crippen LogP contribution in [0, 0.1) is 26.5 Å². The smallest absolute Gasteiger partial charge is 0.257 e. The third-order valence-corrected chi connectivity index (χ3v) is 4.96. The number of halogens is 1. The van der Waals surface area contributed by atoms with Gasteiger partial charge < -0.3 is 16.2 Å². The molecule has 2 aromatic carbocycles. The first-order valence-corrected chi connectivity index (χ1v) is 9.47. The Morgan fingerprint density at radius 1 is 1.29 bits per heavy atom. The van der Waals surface area contributed by atoms with Crippen LogP contribution in [0.3, 0.4) is 0 Å². The van der Waals surface area contributed by atoms with E-state index in [1.165, 1.54) is 22.7 Å². The summed E-state index contributed by atoms with van der Waals surface area (Å²) in [5.41, 5.74) is 8.07. The van der Waals surface area contributed by atoms with E-state index in [0.29, 0.717) is 11.3 Å². The highest BCUT2D eigenvalue weighted by Gasteiger charge is 2.21. The first-order valence-electron chi connectivity index (χ1n) is 11.0. The summed E-state index contributed by atoms with van der Waals surface area (Å²) < 4.78 is 39.9. The van der Waals surface area contributed by atoms with Gasteiger partial charge in [-0.15, -0.1) is 0 Å². The number of aryl methyl sites for hydroxylation is 3. The van der Waals surface area contributed by atoms with Crippen molar-refractivity contribution in [3.8, 4) is 11.3 Å². The van der Waals surface area contributed by atoms with Crippen molar-refractivity contribution in [2.24, 2.45) is 0 Å². The van der Waals surface area contributed by atoms with Gasteiger partial charge in [-0.05, 0) is 44.5 Å². The number of fused-ring (bicyclic) bond motifs is 1. The minimum Gasteiger partial charge on any atom is -0.382 e. The number of aliphatic hydroxyl groups is 1. The van der Waals surface area contributed by atoms with Crippen molar-refractivity contribution in [3.05, 3.63) is 77.1 Å². The van der Waals surface area contributed by atoms with E-state index in [9.17, 15) is 9.90 Å². The van der Waals surface area contributed by atoms with E-state index in [0.717, 1.165) is 11.6 Å². The molecular formula is C23H22FN5O2.